The molecule has 0 aromatic heterocycles. The topological polar surface area (TPSA) is 43.4 Å². The summed E-state index contributed by atoms with van der Waals surface area (Å²) in [5, 5.41) is 0. The molecule has 0 radical (unpaired) electrons. The van der Waals surface area contributed by atoms with E-state index in [2.05, 4.69) is 4.74 Å². The van der Waals surface area contributed by atoms with Crippen molar-refractivity contribution in [1.29, 1.82) is 0 Å². The summed E-state index contributed by atoms with van der Waals surface area (Å²) in [5.41, 5.74) is 0. The summed E-state index contributed by atoms with van der Waals surface area (Å²) in [5.74, 6) is -0.493. The van der Waals surface area contributed by atoms with Gasteiger partial charge >= 0.3 is 57.4 Å². The van der Waals surface area contributed by atoms with Crippen molar-refractivity contribution >= 4 is 63.1 Å². The number of hydrogen-bond acceptors (Lipinski definition) is 3. The van der Waals surface area contributed by atoms with Gasteiger partial charge in [-0.3, -0.25) is 9.59 Å². The van der Waals surface area contributed by atoms with Crippen LogP contribution >= 0.6 is 0 Å². The second-order valence-electron chi connectivity index (χ2n) is 1.87. The van der Waals surface area contributed by atoms with E-state index in [0.717, 1.165) is 0 Å². The summed E-state index contributed by atoms with van der Waals surface area (Å²) in [6.45, 7) is 3.78. The zero-order chi connectivity index (χ0) is 7.98. The van der Waals surface area contributed by atoms with Gasteiger partial charge in [0.15, 0.2) is 0 Å². The molecule has 0 aliphatic heterocycles. The molecule has 0 fully saturated rings. The average Bonchev–Trinajstić information content (AvgIpc) is 1.88. The summed E-state index contributed by atoms with van der Waals surface area (Å²) < 4.78 is 4.55. The van der Waals surface area contributed by atoms with E-state index < -0.39 is 5.97 Å². The molecular weight excluding hydrogens is 171 g/mol. The monoisotopic (exact) mass is 184 g/mol. The molecule has 0 amide bonds. The van der Waals surface area contributed by atoms with Crippen LogP contribution in [-0.4, -0.2) is 69.7 Å². The van der Waals surface area contributed by atoms with Gasteiger partial charge < -0.3 is 4.74 Å². The summed E-state index contributed by atoms with van der Waals surface area (Å²) >= 11 is 0. The van der Waals surface area contributed by atoms with Crippen LogP contribution in [0.3, 0.4) is 0 Å². The Hall–Kier alpha value is 0.776. The third-order valence-corrected chi connectivity index (χ3v) is 1.04. The molecule has 0 spiro atoms. The number of Topliss-reactive ketones (excluding diaryl/α,β-unsaturated/α-hetero) is 1. The molecule has 0 atom stereocenters. The van der Waals surface area contributed by atoms with E-state index >= 15 is 0 Å². The quantitative estimate of drug-likeness (QED) is 0.358. The van der Waals surface area contributed by atoms with Crippen LogP contribution in [0.5, 0.6) is 0 Å². The van der Waals surface area contributed by atoms with E-state index in [9.17, 15) is 9.59 Å². The van der Waals surface area contributed by atoms with Crippen molar-refractivity contribution in [2.75, 3.05) is 6.61 Å². The molecule has 0 rings (SSSR count). The van der Waals surface area contributed by atoms with Crippen LogP contribution in [0.25, 0.3) is 0 Å². The van der Waals surface area contributed by atoms with Crippen LogP contribution in [0.4, 0.5) is 0 Å². The van der Waals surface area contributed by atoms with Gasteiger partial charge in [-0.1, -0.05) is 6.92 Å². The first-order valence-electron chi connectivity index (χ1n) is 3.38. The third-order valence-electron chi connectivity index (χ3n) is 1.04. The molecular formula is C7H13KO3. The maximum absolute atomic E-state index is 10.6. The fourth-order valence-corrected chi connectivity index (χ4v) is 0.498. The normalized spacial score (nSPS) is 8.18. The molecule has 3 nitrogen and oxygen atoms in total. The SMILES string of the molecule is CCOC(=O)CC(=O)CC.[KH]. The summed E-state index contributed by atoms with van der Waals surface area (Å²) in [7, 11) is 0. The zero-order valence-corrected chi connectivity index (χ0v) is 6.35. The van der Waals surface area contributed by atoms with E-state index in [1.807, 2.05) is 0 Å². The van der Waals surface area contributed by atoms with Crippen molar-refractivity contribution in [3.05, 3.63) is 0 Å². The fraction of sp³-hybridized carbons (Fsp3) is 0.714. The molecule has 0 aromatic carbocycles. The van der Waals surface area contributed by atoms with Crippen molar-refractivity contribution in [3.8, 4) is 0 Å². The van der Waals surface area contributed by atoms with Crippen molar-refractivity contribution < 1.29 is 14.3 Å². The minimum absolute atomic E-state index is 0. The molecule has 0 unspecified atom stereocenters. The Labute approximate surface area is 109 Å². The Balaban J connectivity index is 0. The molecule has 0 saturated heterocycles. The van der Waals surface area contributed by atoms with E-state index in [-0.39, 0.29) is 63.6 Å². The molecule has 0 saturated carbocycles. The number of ether oxygens (including phenoxy) is 1. The molecule has 0 aliphatic carbocycles. The molecule has 0 aromatic rings. The first-order valence-corrected chi connectivity index (χ1v) is 3.38. The maximum atomic E-state index is 10.6. The Morgan fingerprint density at radius 1 is 1.27 bits per heavy atom. The fourth-order valence-electron chi connectivity index (χ4n) is 0.498. The molecule has 0 N–H and O–H groups in total. The van der Waals surface area contributed by atoms with E-state index in [1.165, 1.54) is 0 Å². The Kier molecular flexibility index (Phi) is 11.5. The van der Waals surface area contributed by atoms with Crippen molar-refractivity contribution in [3.63, 3.8) is 0 Å². The molecule has 4 heteroatoms. The van der Waals surface area contributed by atoms with Crippen LogP contribution < -0.4 is 0 Å². The van der Waals surface area contributed by atoms with Crippen LogP contribution in [-0.2, 0) is 14.3 Å². The van der Waals surface area contributed by atoms with Crippen LogP contribution in [0.1, 0.15) is 26.7 Å². The van der Waals surface area contributed by atoms with Gasteiger partial charge in [-0.15, -0.1) is 0 Å². The predicted octanol–water partition coefficient (Wildman–Crippen LogP) is 0.270. The Morgan fingerprint density at radius 2 is 1.82 bits per heavy atom. The number of carbonyl (C=O) groups is 2. The van der Waals surface area contributed by atoms with E-state index in [4.69, 9.17) is 0 Å². The molecule has 0 heterocycles. The number of carbonyl (C=O) groups excluding carboxylic acids is 2. The number of esters is 1. The van der Waals surface area contributed by atoms with Gasteiger partial charge in [-0.05, 0) is 6.92 Å². The summed E-state index contributed by atoms with van der Waals surface area (Å²) in [6.07, 6.45) is 0.323. The predicted molar refractivity (Wildman–Crippen MR) is 43.7 cm³/mol. The zero-order valence-electron chi connectivity index (χ0n) is 6.35. The van der Waals surface area contributed by atoms with E-state index in [1.54, 1.807) is 13.8 Å². The molecule has 0 aliphatic rings. The Bertz CT molecular complexity index is 134. The summed E-state index contributed by atoms with van der Waals surface area (Å²) in [4.78, 5) is 21.2. The van der Waals surface area contributed by atoms with E-state index in [0.29, 0.717) is 13.0 Å². The third kappa shape index (κ3) is 8.68. The van der Waals surface area contributed by atoms with Gasteiger partial charge in [0, 0.05) is 6.42 Å². The first kappa shape index (κ1) is 14.3. The number of hydrogen-bond donors (Lipinski definition) is 0. The van der Waals surface area contributed by atoms with Crippen LogP contribution in [0, 0.1) is 0 Å². The van der Waals surface area contributed by atoms with Gasteiger partial charge in [-0.2, -0.15) is 0 Å². The van der Waals surface area contributed by atoms with Gasteiger partial charge in [0.2, 0.25) is 0 Å². The molecule has 11 heavy (non-hydrogen) atoms. The van der Waals surface area contributed by atoms with Crippen molar-refractivity contribution in [2.45, 2.75) is 26.7 Å². The van der Waals surface area contributed by atoms with Gasteiger partial charge in [-0.25, -0.2) is 0 Å². The average molecular weight is 184 g/mol. The second-order valence-corrected chi connectivity index (χ2v) is 1.87. The van der Waals surface area contributed by atoms with Crippen LogP contribution in [0.15, 0.2) is 0 Å². The first-order chi connectivity index (χ1) is 4.70. The standard InChI is InChI=1S/C7H12O3.K.H/c1-3-6(8)5-7(9)10-4-2;;/h3-5H2,1-2H3;;. The van der Waals surface area contributed by atoms with Gasteiger partial charge in [0.25, 0.3) is 0 Å². The van der Waals surface area contributed by atoms with Crippen molar-refractivity contribution in [2.24, 2.45) is 0 Å². The number of rotatable bonds is 4. The second kappa shape index (κ2) is 8.87. The van der Waals surface area contributed by atoms with Gasteiger partial charge in [0.1, 0.15) is 12.2 Å². The summed E-state index contributed by atoms with van der Waals surface area (Å²) in [6, 6.07) is 0. The Morgan fingerprint density at radius 3 is 2.18 bits per heavy atom. The number of ketones is 1. The molecule has 0 bridgehead atoms. The molecule has 60 valence electrons. The van der Waals surface area contributed by atoms with Crippen molar-refractivity contribution in [1.82, 2.24) is 0 Å². The minimum atomic E-state index is -0.422. The van der Waals surface area contributed by atoms with Crippen LogP contribution in [0.2, 0.25) is 0 Å². The van der Waals surface area contributed by atoms with Gasteiger partial charge in [0.05, 0.1) is 6.61 Å².